The summed E-state index contributed by atoms with van der Waals surface area (Å²) >= 11 is 0. The van der Waals surface area contributed by atoms with Crippen LogP contribution in [0.3, 0.4) is 0 Å². The average molecular weight is 374 g/mol. The van der Waals surface area contributed by atoms with Crippen molar-refractivity contribution in [3.8, 4) is 0 Å². The van der Waals surface area contributed by atoms with E-state index in [0.717, 1.165) is 50.0 Å². The van der Waals surface area contributed by atoms with Crippen LogP contribution in [0.5, 0.6) is 0 Å². The minimum atomic E-state index is -4.27. The molecule has 0 radical (unpaired) electrons. The van der Waals surface area contributed by atoms with Crippen LogP contribution in [0.25, 0.3) is 0 Å². The number of likely N-dealkylation sites (N-methyl/N-ethyl adjacent to an activating group) is 1. The van der Waals surface area contributed by atoms with Crippen molar-refractivity contribution in [3.05, 3.63) is 70.5 Å². The highest BCUT2D eigenvalue weighted by molar-refractivity contribution is 5.52. The maximum atomic E-state index is 13.3. The van der Waals surface area contributed by atoms with Gasteiger partial charge in [-0.2, -0.15) is 13.2 Å². The van der Waals surface area contributed by atoms with Crippen LogP contribution in [-0.4, -0.2) is 48.7 Å². The number of hydrogen-bond acceptors (Lipinski definition) is 2. The Labute approximate surface area is 158 Å². The largest absolute Gasteiger partial charge is 0.416 e. The van der Waals surface area contributed by atoms with E-state index >= 15 is 0 Å². The van der Waals surface area contributed by atoms with Gasteiger partial charge in [-0.1, -0.05) is 36.4 Å². The Morgan fingerprint density at radius 3 is 2.67 bits per heavy atom. The van der Waals surface area contributed by atoms with Gasteiger partial charge < -0.3 is 9.80 Å². The van der Waals surface area contributed by atoms with Gasteiger partial charge in [0.1, 0.15) is 0 Å². The standard InChI is InChI=1S/C22H25F3N2/c1-26-12-5-8-20-19(15-26)18-14-17(22(23,24)25)9-10-21(18)27(20)13-11-16-6-3-2-4-7-16/h2-4,6-7,9,14,21H,5,8,10-13,15H2,1H3. The molecule has 1 aromatic carbocycles. The Kier molecular flexibility index (Phi) is 4.89. The third-order valence-corrected chi connectivity index (χ3v) is 5.84. The number of rotatable bonds is 3. The monoisotopic (exact) mass is 374 g/mol. The fourth-order valence-corrected chi connectivity index (χ4v) is 4.52. The second kappa shape index (κ2) is 7.19. The van der Waals surface area contributed by atoms with Gasteiger partial charge in [-0.05, 0) is 62.1 Å². The van der Waals surface area contributed by atoms with Gasteiger partial charge in [-0.3, -0.25) is 0 Å². The van der Waals surface area contributed by atoms with E-state index in [0.29, 0.717) is 6.42 Å². The first-order valence-corrected chi connectivity index (χ1v) is 9.64. The van der Waals surface area contributed by atoms with E-state index in [9.17, 15) is 13.2 Å². The van der Waals surface area contributed by atoms with Gasteiger partial charge in [0.25, 0.3) is 0 Å². The molecule has 0 bridgehead atoms. The first-order chi connectivity index (χ1) is 12.9. The summed E-state index contributed by atoms with van der Waals surface area (Å²) in [6.45, 7) is 2.58. The lowest BCUT2D eigenvalue weighted by molar-refractivity contribution is -0.0888. The topological polar surface area (TPSA) is 6.48 Å². The van der Waals surface area contributed by atoms with Crippen LogP contribution in [0.15, 0.2) is 64.9 Å². The number of alkyl halides is 3. The molecule has 1 aromatic rings. The second-order valence-electron chi connectivity index (χ2n) is 7.70. The van der Waals surface area contributed by atoms with Crippen molar-refractivity contribution in [2.24, 2.45) is 0 Å². The van der Waals surface area contributed by atoms with Crippen LogP contribution in [0.2, 0.25) is 0 Å². The predicted molar refractivity (Wildman–Crippen MR) is 101 cm³/mol. The molecule has 3 aliphatic rings. The average Bonchev–Trinajstić information content (AvgIpc) is 2.78. The first-order valence-electron chi connectivity index (χ1n) is 9.64. The summed E-state index contributed by atoms with van der Waals surface area (Å²) in [5, 5.41) is 0. The normalized spacial score (nSPS) is 23.6. The molecule has 4 rings (SSSR count). The summed E-state index contributed by atoms with van der Waals surface area (Å²) in [7, 11) is 2.06. The van der Waals surface area contributed by atoms with Crippen molar-refractivity contribution in [1.82, 2.24) is 9.80 Å². The molecule has 144 valence electrons. The summed E-state index contributed by atoms with van der Waals surface area (Å²) < 4.78 is 39.9. The molecule has 1 aliphatic carbocycles. The van der Waals surface area contributed by atoms with Crippen molar-refractivity contribution in [2.75, 3.05) is 26.7 Å². The highest BCUT2D eigenvalue weighted by Gasteiger charge is 2.41. The molecule has 0 aromatic heterocycles. The number of fused-ring (bicyclic) bond motifs is 2. The molecule has 0 fully saturated rings. The summed E-state index contributed by atoms with van der Waals surface area (Å²) in [5.41, 5.74) is 4.07. The second-order valence-corrected chi connectivity index (χ2v) is 7.70. The molecule has 0 spiro atoms. The van der Waals surface area contributed by atoms with Gasteiger partial charge in [0.2, 0.25) is 0 Å². The molecule has 0 amide bonds. The lowest BCUT2D eigenvalue weighted by atomic mass is 9.91. The number of allylic oxidation sites excluding steroid dienone is 3. The summed E-state index contributed by atoms with van der Waals surface area (Å²) in [6.07, 6.45) is 1.86. The summed E-state index contributed by atoms with van der Waals surface area (Å²) in [5.74, 6) is 0. The van der Waals surface area contributed by atoms with Gasteiger partial charge in [0.05, 0.1) is 11.6 Å². The maximum Gasteiger partial charge on any atom is 0.416 e. The first kappa shape index (κ1) is 18.4. The Balaban J connectivity index is 1.64. The molecule has 27 heavy (non-hydrogen) atoms. The van der Waals surface area contributed by atoms with E-state index in [2.05, 4.69) is 29.0 Å². The van der Waals surface area contributed by atoms with Crippen LogP contribution in [-0.2, 0) is 6.42 Å². The van der Waals surface area contributed by atoms with E-state index in [1.54, 1.807) is 0 Å². The van der Waals surface area contributed by atoms with Crippen LogP contribution < -0.4 is 0 Å². The van der Waals surface area contributed by atoms with Crippen molar-refractivity contribution in [1.29, 1.82) is 0 Å². The fraction of sp³-hybridized carbons (Fsp3) is 0.455. The van der Waals surface area contributed by atoms with Crippen LogP contribution in [0.1, 0.15) is 24.8 Å². The zero-order valence-corrected chi connectivity index (χ0v) is 15.6. The lowest BCUT2D eigenvalue weighted by Crippen LogP contribution is -2.34. The van der Waals surface area contributed by atoms with Gasteiger partial charge in [-0.25, -0.2) is 0 Å². The van der Waals surface area contributed by atoms with Crippen molar-refractivity contribution < 1.29 is 13.2 Å². The molecule has 2 aliphatic heterocycles. The predicted octanol–water partition coefficient (Wildman–Crippen LogP) is 4.71. The number of hydrogen-bond donors (Lipinski definition) is 0. The minimum Gasteiger partial charge on any atom is -0.367 e. The Morgan fingerprint density at radius 2 is 1.93 bits per heavy atom. The summed E-state index contributed by atoms with van der Waals surface area (Å²) in [6, 6.07) is 10.4. The lowest BCUT2D eigenvalue weighted by Gasteiger charge is -2.32. The SMILES string of the molecule is CN1CCCC2=C(C1)C1=CC(C(F)(F)F)=CCC1N2CCc1ccccc1. The Hall–Kier alpha value is -2.01. The zero-order chi connectivity index (χ0) is 19.0. The van der Waals surface area contributed by atoms with E-state index in [-0.39, 0.29) is 6.04 Å². The van der Waals surface area contributed by atoms with Crippen molar-refractivity contribution in [3.63, 3.8) is 0 Å². The van der Waals surface area contributed by atoms with Crippen molar-refractivity contribution in [2.45, 2.75) is 37.9 Å². The van der Waals surface area contributed by atoms with Crippen LogP contribution in [0.4, 0.5) is 13.2 Å². The molecule has 0 saturated carbocycles. The van der Waals surface area contributed by atoms with Crippen molar-refractivity contribution >= 4 is 0 Å². The third-order valence-electron chi connectivity index (χ3n) is 5.84. The number of nitrogens with zero attached hydrogens (tertiary/aromatic N) is 2. The van der Waals surface area contributed by atoms with Crippen LogP contribution in [0, 0.1) is 0 Å². The smallest absolute Gasteiger partial charge is 0.367 e. The van der Waals surface area contributed by atoms with E-state index < -0.39 is 11.7 Å². The molecule has 0 N–H and O–H groups in total. The van der Waals surface area contributed by atoms with E-state index in [1.807, 2.05) is 18.2 Å². The molecule has 0 saturated heterocycles. The Bertz CT molecular complexity index is 790. The molecular formula is C22H25F3N2. The van der Waals surface area contributed by atoms with Gasteiger partial charge >= 0.3 is 6.18 Å². The highest BCUT2D eigenvalue weighted by Crippen LogP contribution is 2.44. The van der Waals surface area contributed by atoms with Gasteiger partial charge in [0.15, 0.2) is 0 Å². The zero-order valence-electron chi connectivity index (χ0n) is 15.6. The fourth-order valence-electron chi connectivity index (χ4n) is 4.52. The van der Waals surface area contributed by atoms with E-state index in [4.69, 9.17) is 0 Å². The third kappa shape index (κ3) is 3.70. The molecule has 1 unspecified atom stereocenters. The summed E-state index contributed by atoms with van der Waals surface area (Å²) in [4.78, 5) is 4.61. The number of halogens is 3. The van der Waals surface area contributed by atoms with E-state index in [1.165, 1.54) is 23.4 Å². The molecule has 5 heteroatoms. The quantitative estimate of drug-likeness (QED) is 0.756. The Morgan fingerprint density at radius 1 is 1.15 bits per heavy atom. The molecular weight excluding hydrogens is 349 g/mol. The molecule has 2 nitrogen and oxygen atoms in total. The van der Waals surface area contributed by atoms with Gasteiger partial charge in [0, 0.05) is 18.8 Å². The minimum absolute atomic E-state index is 0.0521. The maximum absolute atomic E-state index is 13.3. The van der Waals surface area contributed by atoms with Gasteiger partial charge in [-0.15, -0.1) is 0 Å². The number of benzene rings is 1. The molecule has 1 atom stereocenters. The molecule has 2 heterocycles. The highest BCUT2D eigenvalue weighted by atomic mass is 19.4. The van der Waals surface area contributed by atoms with Crippen LogP contribution >= 0.6 is 0 Å².